The van der Waals surface area contributed by atoms with Crippen molar-refractivity contribution in [2.45, 2.75) is 30.9 Å². The molecule has 2 atom stereocenters. The van der Waals surface area contributed by atoms with Gasteiger partial charge in [0.2, 0.25) is 5.91 Å². The van der Waals surface area contributed by atoms with Crippen LogP contribution in [0.2, 0.25) is 5.02 Å². The second kappa shape index (κ2) is 10.5. The molecule has 2 aromatic carbocycles. The highest BCUT2D eigenvalue weighted by molar-refractivity contribution is 8.04. The minimum atomic E-state index is -0.915. The first-order valence-electron chi connectivity index (χ1n) is 11.2. The number of anilines is 1. The van der Waals surface area contributed by atoms with Crippen LogP contribution in [0.25, 0.3) is 0 Å². The van der Waals surface area contributed by atoms with Crippen LogP contribution in [0.5, 0.6) is 0 Å². The van der Waals surface area contributed by atoms with Gasteiger partial charge in [-0.25, -0.2) is 0 Å². The molecule has 8 nitrogen and oxygen atoms in total. The number of nitrogens with one attached hydrogen (secondary N) is 1. The third kappa shape index (κ3) is 4.57. The summed E-state index contributed by atoms with van der Waals surface area (Å²) in [5.41, 5.74) is 8.67. The average molecular weight is 523 g/mol. The van der Waals surface area contributed by atoms with E-state index in [-0.39, 0.29) is 28.4 Å². The quantitative estimate of drug-likeness (QED) is 0.548. The van der Waals surface area contributed by atoms with Crippen molar-refractivity contribution in [3.05, 3.63) is 86.7 Å². The van der Waals surface area contributed by atoms with Crippen molar-refractivity contribution in [1.82, 2.24) is 4.90 Å². The van der Waals surface area contributed by atoms with Gasteiger partial charge < -0.3 is 15.8 Å². The molecule has 10 heteroatoms. The number of amides is 2. The Balaban J connectivity index is 1.86. The van der Waals surface area contributed by atoms with Crippen molar-refractivity contribution in [3.8, 4) is 6.07 Å². The molecule has 0 radical (unpaired) electrons. The maximum Gasteiger partial charge on any atom is 0.307 e. The maximum atomic E-state index is 13.8. The predicted octanol–water partition coefficient (Wildman–Crippen LogP) is 4.05. The van der Waals surface area contributed by atoms with Gasteiger partial charge in [0.1, 0.15) is 11.1 Å². The first kappa shape index (κ1) is 25.4. The van der Waals surface area contributed by atoms with Crippen molar-refractivity contribution >= 4 is 46.8 Å². The first-order chi connectivity index (χ1) is 17.3. The van der Waals surface area contributed by atoms with E-state index in [4.69, 9.17) is 22.1 Å². The minimum absolute atomic E-state index is 0.0194. The SMILES string of the molecule is CCc1ccc(NC(=O)C2=C3S[C@H](CC(=O)OC)C(=O)N3C(N)=C(C#N)[C@@H]2c2ccccc2Cl)cc1. The van der Waals surface area contributed by atoms with Crippen molar-refractivity contribution in [2.24, 2.45) is 5.73 Å². The van der Waals surface area contributed by atoms with E-state index in [0.29, 0.717) is 16.3 Å². The Morgan fingerprint density at radius 3 is 2.53 bits per heavy atom. The van der Waals surface area contributed by atoms with E-state index < -0.39 is 29.0 Å². The van der Waals surface area contributed by atoms with Crippen LogP contribution in [0.15, 0.2) is 70.5 Å². The Morgan fingerprint density at radius 2 is 1.92 bits per heavy atom. The highest BCUT2D eigenvalue weighted by atomic mass is 35.5. The number of thioether (sulfide) groups is 1. The lowest BCUT2D eigenvalue weighted by molar-refractivity contribution is -0.142. The molecule has 0 saturated carbocycles. The van der Waals surface area contributed by atoms with E-state index in [1.165, 1.54) is 7.11 Å². The second-order valence-corrected chi connectivity index (χ2v) is 9.75. The summed E-state index contributed by atoms with van der Waals surface area (Å²) in [5.74, 6) is -2.59. The number of nitrogens with two attached hydrogens (primary N) is 1. The number of methoxy groups -OCH3 is 1. The molecule has 184 valence electrons. The summed E-state index contributed by atoms with van der Waals surface area (Å²) in [6.07, 6.45) is 0.641. The van der Waals surface area contributed by atoms with Gasteiger partial charge in [-0.1, -0.05) is 60.6 Å². The van der Waals surface area contributed by atoms with E-state index in [1.54, 1.807) is 36.4 Å². The third-order valence-corrected chi connectivity index (χ3v) is 7.68. The van der Waals surface area contributed by atoms with Crippen molar-refractivity contribution in [1.29, 1.82) is 5.26 Å². The zero-order valence-electron chi connectivity index (χ0n) is 19.6. The topological polar surface area (TPSA) is 126 Å². The fourth-order valence-electron chi connectivity index (χ4n) is 4.19. The Labute approximate surface area is 217 Å². The van der Waals surface area contributed by atoms with Gasteiger partial charge in [0.15, 0.2) is 0 Å². The van der Waals surface area contributed by atoms with Gasteiger partial charge in [0.05, 0.1) is 41.7 Å². The number of fused-ring (bicyclic) bond motifs is 1. The van der Waals surface area contributed by atoms with Gasteiger partial charge in [-0.05, 0) is 35.7 Å². The number of carbonyl (C=O) groups is 3. The molecule has 2 aliphatic heterocycles. The van der Waals surface area contributed by atoms with Crippen molar-refractivity contribution < 1.29 is 19.1 Å². The van der Waals surface area contributed by atoms with Crippen LogP contribution in [-0.2, 0) is 25.5 Å². The monoisotopic (exact) mass is 522 g/mol. The molecule has 0 spiro atoms. The molecular formula is C26H23ClN4O4S. The molecule has 3 N–H and O–H groups in total. The number of nitriles is 1. The highest BCUT2D eigenvalue weighted by Gasteiger charge is 2.48. The third-order valence-electron chi connectivity index (χ3n) is 6.06. The van der Waals surface area contributed by atoms with Gasteiger partial charge in [-0.3, -0.25) is 19.3 Å². The predicted molar refractivity (Wildman–Crippen MR) is 137 cm³/mol. The van der Waals surface area contributed by atoms with Crippen molar-refractivity contribution in [3.63, 3.8) is 0 Å². The molecule has 2 aromatic rings. The van der Waals surface area contributed by atoms with E-state index in [0.717, 1.165) is 28.6 Å². The van der Waals surface area contributed by atoms with Crippen LogP contribution in [0.3, 0.4) is 0 Å². The summed E-state index contributed by atoms with van der Waals surface area (Å²) >= 11 is 7.55. The number of halogens is 1. The van der Waals surface area contributed by atoms with E-state index in [9.17, 15) is 19.6 Å². The fourth-order valence-corrected chi connectivity index (χ4v) is 5.76. The van der Waals surface area contributed by atoms with Gasteiger partial charge in [-0.15, -0.1) is 0 Å². The summed E-state index contributed by atoms with van der Waals surface area (Å²) in [6, 6.07) is 16.3. The van der Waals surface area contributed by atoms with Gasteiger partial charge in [-0.2, -0.15) is 5.26 Å². The largest absolute Gasteiger partial charge is 0.469 e. The number of hydrogen-bond acceptors (Lipinski definition) is 7. The Bertz CT molecular complexity index is 1350. The summed E-state index contributed by atoms with van der Waals surface area (Å²) in [7, 11) is 1.23. The Morgan fingerprint density at radius 1 is 1.22 bits per heavy atom. The molecule has 0 aliphatic carbocycles. The van der Waals surface area contributed by atoms with Gasteiger partial charge >= 0.3 is 5.97 Å². The van der Waals surface area contributed by atoms with Crippen LogP contribution in [0.1, 0.15) is 30.4 Å². The van der Waals surface area contributed by atoms with Crippen molar-refractivity contribution in [2.75, 3.05) is 12.4 Å². The van der Waals surface area contributed by atoms with Crippen LogP contribution >= 0.6 is 23.4 Å². The number of hydrogen-bond donors (Lipinski definition) is 2. The molecule has 0 unspecified atom stereocenters. The zero-order valence-corrected chi connectivity index (χ0v) is 21.2. The standard InChI is InChI=1S/C26H23ClN4O4S/c1-3-14-8-10-15(11-9-14)30-24(33)22-21(16-6-4-5-7-18(16)27)17(13-28)23(29)31-25(34)19(36-26(22)31)12-20(32)35-2/h4-11,19,21H,3,12,29H2,1-2H3,(H,30,33)/t19-,21+/m1/s1. The normalized spacial score (nSPS) is 19.2. The molecule has 2 amide bonds. The number of ether oxygens (including phenoxy) is 1. The molecule has 2 heterocycles. The fraction of sp³-hybridized carbons (Fsp3) is 0.231. The number of esters is 1. The molecule has 36 heavy (non-hydrogen) atoms. The molecule has 4 rings (SSSR count). The molecule has 0 bridgehead atoms. The number of aryl methyl sites for hydroxylation is 1. The number of allylic oxidation sites excluding steroid dienone is 1. The Kier molecular flexibility index (Phi) is 7.38. The zero-order chi connectivity index (χ0) is 26.0. The number of carbonyl (C=O) groups excluding carboxylic acids is 3. The Hall–Kier alpha value is -3.74. The number of benzene rings is 2. The van der Waals surface area contributed by atoms with E-state index >= 15 is 0 Å². The highest BCUT2D eigenvalue weighted by Crippen LogP contribution is 2.50. The van der Waals surface area contributed by atoms with E-state index in [1.807, 2.05) is 19.1 Å². The smallest absolute Gasteiger partial charge is 0.307 e. The summed E-state index contributed by atoms with van der Waals surface area (Å²) in [5, 5.41) is 12.7. The molecular weight excluding hydrogens is 500 g/mol. The minimum Gasteiger partial charge on any atom is -0.469 e. The summed E-state index contributed by atoms with van der Waals surface area (Å²) in [4.78, 5) is 40.1. The lowest BCUT2D eigenvalue weighted by Crippen LogP contribution is -2.39. The molecule has 1 fully saturated rings. The lowest BCUT2D eigenvalue weighted by atomic mass is 9.82. The maximum absolute atomic E-state index is 13.8. The first-order valence-corrected chi connectivity index (χ1v) is 12.4. The van der Waals surface area contributed by atoms with E-state index in [2.05, 4.69) is 11.4 Å². The van der Waals surface area contributed by atoms with Crippen LogP contribution < -0.4 is 11.1 Å². The lowest BCUT2D eigenvalue weighted by Gasteiger charge is -2.32. The van der Waals surface area contributed by atoms with Crippen LogP contribution in [-0.4, -0.2) is 35.0 Å². The molecule has 2 aliphatic rings. The van der Waals surface area contributed by atoms with Gasteiger partial charge in [0.25, 0.3) is 5.91 Å². The molecule has 0 aromatic heterocycles. The second-order valence-electron chi connectivity index (χ2n) is 8.15. The number of nitrogens with zero attached hydrogens (tertiary/aromatic N) is 2. The van der Waals surface area contributed by atoms with Gasteiger partial charge in [0, 0.05) is 10.7 Å². The molecule has 1 saturated heterocycles. The van der Waals surface area contributed by atoms with Crippen LogP contribution in [0, 0.1) is 11.3 Å². The summed E-state index contributed by atoms with van der Waals surface area (Å²) in [6.45, 7) is 2.03. The summed E-state index contributed by atoms with van der Waals surface area (Å²) < 4.78 is 4.73. The van der Waals surface area contributed by atoms with Crippen LogP contribution in [0.4, 0.5) is 5.69 Å². The average Bonchev–Trinajstić information content (AvgIpc) is 3.20. The number of rotatable bonds is 6.